The molecule has 1 aromatic carbocycles. The van der Waals surface area contributed by atoms with Gasteiger partial charge in [-0.05, 0) is 19.1 Å². The van der Waals surface area contributed by atoms with Crippen LogP contribution in [-0.2, 0) is 4.74 Å². The first-order chi connectivity index (χ1) is 10.2. The Bertz CT molecular complexity index is 635. The van der Waals surface area contributed by atoms with Crippen molar-refractivity contribution in [1.82, 2.24) is 4.98 Å². The van der Waals surface area contributed by atoms with E-state index in [2.05, 4.69) is 15.2 Å². The van der Waals surface area contributed by atoms with E-state index in [4.69, 9.17) is 4.74 Å². The molecule has 3 rings (SSSR count). The van der Waals surface area contributed by atoms with Gasteiger partial charge in [-0.15, -0.1) is 11.3 Å². The smallest absolute Gasteiger partial charge is 0.284 e. The molecule has 0 radical (unpaired) electrons. The standard InChI is InChI=1S/C15H17N3O2S/c1-11-10-21-15(16-11)14(19)17-12-4-2-3-5-13(12)18-6-8-20-9-7-18/h2-5,10H,6-9H2,1H3,(H,17,19). The molecule has 0 spiro atoms. The molecule has 21 heavy (non-hydrogen) atoms. The lowest BCUT2D eigenvalue weighted by atomic mass is 10.2. The van der Waals surface area contributed by atoms with Crippen LogP contribution in [0.3, 0.4) is 0 Å². The molecule has 2 heterocycles. The Labute approximate surface area is 127 Å². The number of hydrogen-bond acceptors (Lipinski definition) is 5. The number of thiazole rings is 1. The molecule has 1 saturated heterocycles. The zero-order valence-corrected chi connectivity index (χ0v) is 12.7. The Balaban J connectivity index is 1.80. The van der Waals surface area contributed by atoms with Crippen molar-refractivity contribution in [3.05, 3.63) is 40.3 Å². The number of ether oxygens (including phenoxy) is 1. The summed E-state index contributed by atoms with van der Waals surface area (Å²) in [6.07, 6.45) is 0. The van der Waals surface area contributed by atoms with Gasteiger partial charge in [0.15, 0.2) is 5.01 Å². The van der Waals surface area contributed by atoms with Crippen LogP contribution in [-0.4, -0.2) is 37.2 Å². The fourth-order valence-electron chi connectivity index (χ4n) is 2.29. The lowest BCUT2D eigenvalue weighted by Gasteiger charge is -2.30. The number of amides is 1. The maximum atomic E-state index is 12.3. The van der Waals surface area contributed by atoms with Crippen molar-refractivity contribution < 1.29 is 9.53 Å². The van der Waals surface area contributed by atoms with E-state index in [1.807, 2.05) is 36.6 Å². The summed E-state index contributed by atoms with van der Waals surface area (Å²) in [6.45, 7) is 4.99. The summed E-state index contributed by atoms with van der Waals surface area (Å²) in [7, 11) is 0. The Morgan fingerprint density at radius 3 is 2.81 bits per heavy atom. The predicted molar refractivity (Wildman–Crippen MR) is 84.3 cm³/mol. The van der Waals surface area contributed by atoms with E-state index in [1.54, 1.807) is 0 Å². The zero-order valence-electron chi connectivity index (χ0n) is 11.8. The molecule has 0 atom stereocenters. The second-order valence-corrected chi connectivity index (χ2v) is 5.72. The number of aryl methyl sites for hydroxylation is 1. The Morgan fingerprint density at radius 2 is 2.10 bits per heavy atom. The molecule has 1 amide bonds. The average molecular weight is 303 g/mol. The second-order valence-electron chi connectivity index (χ2n) is 4.86. The average Bonchev–Trinajstić information content (AvgIpc) is 2.95. The first kappa shape index (κ1) is 14.0. The summed E-state index contributed by atoms with van der Waals surface area (Å²) < 4.78 is 5.38. The summed E-state index contributed by atoms with van der Waals surface area (Å²) in [4.78, 5) is 18.7. The van der Waals surface area contributed by atoms with Crippen LogP contribution in [0.4, 0.5) is 11.4 Å². The van der Waals surface area contributed by atoms with Crippen molar-refractivity contribution in [2.24, 2.45) is 0 Å². The Kier molecular flexibility index (Phi) is 4.17. The molecule has 0 unspecified atom stereocenters. The molecule has 1 fully saturated rings. The highest BCUT2D eigenvalue weighted by molar-refractivity contribution is 7.11. The van der Waals surface area contributed by atoms with Gasteiger partial charge in [-0.3, -0.25) is 4.79 Å². The van der Waals surface area contributed by atoms with E-state index in [9.17, 15) is 4.79 Å². The van der Waals surface area contributed by atoms with Gasteiger partial charge in [0.05, 0.1) is 24.6 Å². The van der Waals surface area contributed by atoms with Gasteiger partial charge < -0.3 is 15.0 Å². The molecule has 110 valence electrons. The van der Waals surface area contributed by atoms with E-state index in [1.165, 1.54) is 11.3 Å². The van der Waals surface area contributed by atoms with E-state index in [0.717, 1.165) is 30.2 Å². The molecule has 1 aliphatic heterocycles. The van der Waals surface area contributed by atoms with E-state index >= 15 is 0 Å². The van der Waals surface area contributed by atoms with Crippen molar-refractivity contribution in [2.75, 3.05) is 36.5 Å². The number of nitrogens with one attached hydrogen (secondary N) is 1. The monoisotopic (exact) mass is 303 g/mol. The van der Waals surface area contributed by atoms with Gasteiger partial charge in [0.25, 0.3) is 5.91 Å². The van der Waals surface area contributed by atoms with E-state index in [0.29, 0.717) is 18.2 Å². The fourth-order valence-corrected chi connectivity index (χ4v) is 2.98. The minimum absolute atomic E-state index is 0.159. The molecule has 6 heteroatoms. The molecule has 0 saturated carbocycles. The van der Waals surface area contributed by atoms with Crippen LogP contribution in [0.1, 0.15) is 15.5 Å². The van der Waals surface area contributed by atoms with Crippen LogP contribution in [0.25, 0.3) is 0 Å². The molecule has 0 bridgehead atoms. The number of aromatic nitrogens is 1. The highest BCUT2D eigenvalue weighted by Crippen LogP contribution is 2.27. The molecule has 1 N–H and O–H groups in total. The molecule has 5 nitrogen and oxygen atoms in total. The third kappa shape index (κ3) is 3.22. The van der Waals surface area contributed by atoms with Gasteiger partial charge in [0.2, 0.25) is 0 Å². The molecule has 1 aromatic heterocycles. The van der Waals surface area contributed by atoms with Crippen molar-refractivity contribution in [2.45, 2.75) is 6.92 Å². The van der Waals surface area contributed by atoms with Gasteiger partial charge in [-0.1, -0.05) is 12.1 Å². The third-order valence-corrected chi connectivity index (χ3v) is 4.28. The topological polar surface area (TPSA) is 54.5 Å². The van der Waals surface area contributed by atoms with Gasteiger partial charge in [-0.25, -0.2) is 4.98 Å². The third-order valence-electron chi connectivity index (χ3n) is 3.32. The highest BCUT2D eigenvalue weighted by atomic mass is 32.1. The molecular formula is C15H17N3O2S. The normalized spacial score (nSPS) is 15.0. The van der Waals surface area contributed by atoms with Crippen LogP contribution >= 0.6 is 11.3 Å². The Hall–Kier alpha value is -1.92. The number of anilines is 2. The number of nitrogens with zero attached hydrogens (tertiary/aromatic N) is 2. The quantitative estimate of drug-likeness (QED) is 0.947. The molecular weight excluding hydrogens is 286 g/mol. The largest absolute Gasteiger partial charge is 0.378 e. The van der Waals surface area contributed by atoms with Crippen LogP contribution in [0.5, 0.6) is 0 Å². The van der Waals surface area contributed by atoms with Gasteiger partial charge >= 0.3 is 0 Å². The first-order valence-electron chi connectivity index (χ1n) is 6.89. The van der Waals surface area contributed by atoms with Gasteiger partial charge in [-0.2, -0.15) is 0 Å². The van der Waals surface area contributed by atoms with Crippen LogP contribution in [0.15, 0.2) is 29.6 Å². The number of carbonyl (C=O) groups excluding carboxylic acids is 1. The summed E-state index contributed by atoms with van der Waals surface area (Å²) in [5.74, 6) is -0.159. The number of morpholine rings is 1. The summed E-state index contributed by atoms with van der Waals surface area (Å²) in [6, 6.07) is 7.85. The highest BCUT2D eigenvalue weighted by Gasteiger charge is 2.17. The SMILES string of the molecule is Cc1csc(C(=O)Nc2ccccc2N2CCOCC2)n1. The van der Waals surface area contributed by atoms with E-state index < -0.39 is 0 Å². The van der Waals surface area contributed by atoms with Gasteiger partial charge in [0, 0.05) is 24.2 Å². The lowest BCUT2D eigenvalue weighted by Crippen LogP contribution is -2.36. The minimum atomic E-state index is -0.159. The van der Waals surface area contributed by atoms with Crippen molar-refractivity contribution in [1.29, 1.82) is 0 Å². The molecule has 2 aromatic rings. The number of hydrogen-bond donors (Lipinski definition) is 1. The van der Waals surface area contributed by atoms with Crippen LogP contribution < -0.4 is 10.2 Å². The van der Waals surface area contributed by atoms with Crippen molar-refractivity contribution in [3.8, 4) is 0 Å². The number of rotatable bonds is 3. The molecule has 1 aliphatic rings. The summed E-state index contributed by atoms with van der Waals surface area (Å²) in [5, 5.41) is 5.33. The predicted octanol–water partition coefficient (Wildman–Crippen LogP) is 2.54. The maximum Gasteiger partial charge on any atom is 0.284 e. The van der Waals surface area contributed by atoms with E-state index in [-0.39, 0.29) is 5.91 Å². The van der Waals surface area contributed by atoms with Crippen LogP contribution in [0, 0.1) is 6.92 Å². The maximum absolute atomic E-state index is 12.3. The first-order valence-corrected chi connectivity index (χ1v) is 7.77. The number of carbonyl (C=O) groups is 1. The summed E-state index contributed by atoms with van der Waals surface area (Å²) >= 11 is 1.36. The second kappa shape index (κ2) is 6.24. The Morgan fingerprint density at radius 1 is 1.33 bits per heavy atom. The number of para-hydroxylation sites is 2. The minimum Gasteiger partial charge on any atom is -0.378 e. The van der Waals surface area contributed by atoms with Crippen molar-refractivity contribution in [3.63, 3.8) is 0 Å². The number of benzene rings is 1. The lowest BCUT2D eigenvalue weighted by molar-refractivity contribution is 0.102. The van der Waals surface area contributed by atoms with Gasteiger partial charge in [0.1, 0.15) is 0 Å². The fraction of sp³-hybridized carbons (Fsp3) is 0.333. The summed E-state index contributed by atoms with van der Waals surface area (Å²) in [5.41, 5.74) is 2.71. The molecule has 0 aliphatic carbocycles. The zero-order chi connectivity index (χ0) is 14.7. The van der Waals surface area contributed by atoms with Crippen molar-refractivity contribution >= 4 is 28.6 Å². The van der Waals surface area contributed by atoms with Crippen LogP contribution in [0.2, 0.25) is 0 Å².